The zero-order chi connectivity index (χ0) is 18.1. The summed E-state index contributed by atoms with van der Waals surface area (Å²) in [4.78, 5) is 30.7. The molecule has 0 saturated carbocycles. The van der Waals surface area contributed by atoms with Crippen molar-refractivity contribution < 1.29 is 9.59 Å². The van der Waals surface area contributed by atoms with E-state index in [1.165, 1.54) is 16.9 Å². The van der Waals surface area contributed by atoms with Crippen LogP contribution in [0.4, 0.5) is 0 Å². The normalized spacial score (nSPS) is 20.0. The minimum absolute atomic E-state index is 0.0552. The summed E-state index contributed by atoms with van der Waals surface area (Å²) >= 11 is 1.74. The van der Waals surface area contributed by atoms with Crippen LogP contribution in [0.5, 0.6) is 0 Å². The Morgan fingerprint density at radius 3 is 2.35 bits per heavy atom. The number of hydrogen-bond acceptors (Lipinski definition) is 3. The first-order chi connectivity index (χ1) is 12.6. The summed E-state index contributed by atoms with van der Waals surface area (Å²) < 4.78 is 0. The second kappa shape index (κ2) is 7.23. The number of hydrogen-bond donors (Lipinski definition) is 0. The van der Waals surface area contributed by atoms with E-state index in [2.05, 4.69) is 6.92 Å². The predicted molar refractivity (Wildman–Crippen MR) is 104 cm³/mol. The van der Waals surface area contributed by atoms with Crippen LogP contribution in [0.15, 0.2) is 35.7 Å². The third kappa shape index (κ3) is 3.28. The second-order valence-electron chi connectivity index (χ2n) is 7.35. The molecule has 4 nitrogen and oxygen atoms in total. The molecule has 2 amide bonds. The Morgan fingerprint density at radius 2 is 1.65 bits per heavy atom. The molecule has 26 heavy (non-hydrogen) atoms. The number of fused-ring (bicyclic) bond motifs is 1. The number of carbonyl (C=O) groups excluding carboxylic acids is 2. The van der Waals surface area contributed by atoms with Gasteiger partial charge in [0.15, 0.2) is 0 Å². The zero-order valence-electron chi connectivity index (χ0n) is 15.1. The van der Waals surface area contributed by atoms with Crippen molar-refractivity contribution in [3.8, 4) is 0 Å². The van der Waals surface area contributed by atoms with E-state index in [-0.39, 0.29) is 11.8 Å². The van der Waals surface area contributed by atoms with Crippen molar-refractivity contribution in [3.63, 3.8) is 0 Å². The van der Waals surface area contributed by atoms with Crippen LogP contribution in [0, 0.1) is 5.92 Å². The van der Waals surface area contributed by atoms with Crippen LogP contribution in [0.3, 0.4) is 0 Å². The number of rotatable bonds is 2. The molecule has 0 N–H and O–H groups in total. The van der Waals surface area contributed by atoms with Crippen LogP contribution in [0.1, 0.15) is 44.5 Å². The monoisotopic (exact) mass is 368 g/mol. The number of nitrogens with zero attached hydrogens (tertiary/aromatic N) is 2. The van der Waals surface area contributed by atoms with Crippen molar-refractivity contribution in [2.45, 2.75) is 26.2 Å². The van der Waals surface area contributed by atoms with Crippen molar-refractivity contribution >= 4 is 23.2 Å². The molecule has 5 heteroatoms. The second-order valence-corrected chi connectivity index (χ2v) is 8.31. The van der Waals surface area contributed by atoms with Crippen LogP contribution < -0.4 is 0 Å². The molecule has 0 radical (unpaired) electrons. The SMILES string of the molecule is C[C@@H]1CCc2c(C(=O)N3CCN(C(=O)c4ccccc4)CC3)csc2C1. The van der Waals surface area contributed by atoms with E-state index >= 15 is 0 Å². The summed E-state index contributed by atoms with van der Waals surface area (Å²) in [6, 6.07) is 9.37. The highest BCUT2D eigenvalue weighted by molar-refractivity contribution is 7.10. The molecule has 1 aromatic heterocycles. The number of thiophene rings is 1. The number of carbonyl (C=O) groups is 2. The fraction of sp³-hybridized carbons (Fsp3) is 0.429. The van der Waals surface area contributed by atoms with Crippen molar-refractivity contribution in [3.05, 3.63) is 57.3 Å². The van der Waals surface area contributed by atoms with Crippen LogP contribution in [0.2, 0.25) is 0 Å². The van der Waals surface area contributed by atoms with Gasteiger partial charge in [-0.25, -0.2) is 0 Å². The van der Waals surface area contributed by atoms with Gasteiger partial charge < -0.3 is 9.80 Å². The number of benzene rings is 1. The maximum Gasteiger partial charge on any atom is 0.255 e. The van der Waals surface area contributed by atoms with E-state index in [0.717, 1.165) is 24.3 Å². The molecule has 0 spiro atoms. The van der Waals surface area contributed by atoms with E-state index in [0.29, 0.717) is 31.7 Å². The van der Waals surface area contributed by atoms with E-state index in [9.17, 15) is 9.59 Å². The molecule has 0 bridgehead atoms. The van der Waals surface area contributed by atoms with E-state index < -0.39 is 0 Å². The molecule has 1 fully saturated rings. The standard InChI is InChI=1S/C21H24N2O2S/c1-15-7-8-17-18(14-26-19(17)13-15)21(25)23-11-9-22(10-12-23)20(24)16-5-3-2-4-6-16/h2-6,14-15H,7-13H2,1H3/t15-/m1/s1. The van der Waals surface area contributed by atoms with Gasteiger partial charge in [0.05, 0.1) is 5.56 Å². The number of amides is 2. The molecule has 0 unspecified atom stereocenters. The van der Waals surface area contributed by atoms with Crippen LogP contribution in [0.25, 0.3) is 0 Å². The fourth-order valence-corrected chi connectivity index (χ4v) is 5.14. The molecule has 1 aromatic carbocycles. The van der Waals surface area contributed by atoms with Crippen molar-refractivity contribution in [1.82, 2.24) is 9.80 Å². The molecule has 4 rings (SSSR count). The summed E-state index contributed by atoms with van der Waals surface area (Å²) in [5.41, 5.74) is 2.90. The smallest absolute Gasteiger partial charge is 0.255 e. The maximum absolute atomic E-state index is 13.0. The minimum atomic E-state index is 0.0552. The lowest BCUT2D eigenvalue weighted by molar-refractivity contribution is 0.0535. The molecule has 1 atom stereocenters. The highest BCUT2D eigenvalue weighted by Gasteiger charge is 2.29. The van der Waals surface area contributed by atoms with Crippen LogP contribution >= 0.6 is 11.3 Å². The highest BCUT2D eigenvalue weighted by Crippen LogP contribution is 2.33. The molecule has 1 saturated heterocycles. The first kappa shape index (κ1) is 17.3. The van der Waals surface area contributed by atoms with Crippen molar-refractivity contribution in [2.75, 3.05) is 26.2 Å². The van der Waals surface area contributed by atoms with Crippen molar-refractivity contribution in [2.24, 2.45) is 5.92 Å². The Morgan fingerprint density at radius 1 is 1.00 bits per heavy atom. The van der Waals surface area contributed by atoms with Crippen LogP contribution in [-0.2, 0) is 12.8 Å². The van der Waals surface area contributed by atoms with Crippen molar-refractivity contribution in [1.29, 1.82) is 0 Å². The lowest BCUT2D eigenvalue weighted by atomic mass is 9.88. The topological polar surface area (TPSA) is 40.6 Å². The van der Waals surface area contributed by atoms with Gasteiger partial charge in [-0.15, -0.1) is 11.3 Å². The lowest BCUT2D eigenvalue weighted by Crippen LogP contribution is -2.50. The van der Waals surface area contributed by atoms with Crippen LogP contribution in [-0.4, -0.2) is 47.8 Å². The average Bonchev–Trinajstić information content (AvgIpc) is 3.10. The van der Waals surface area contributed by atoms with Gasteiger partial charge in [0.2, 0.25) is 0 Å². The molecular weight excluding hydrogens is 344 g/mol. The Hall–Kier alpha value is -2.14. The first-order valence-corrected chi connectivity index (χ1v) is 10.2. The minimum Gasteiger partial charge on any atom is -0.335 e. The number of piperazine rings is 1. The molecule has 1 aliphatic carbocycles. The summed E-state index contributed by atoms with van der Waals surface area (Å²) in [6.07, 6.45) is 3.30. The molecule has 2 heterocycles. The average molecular weight is 369 g/mol. The van der Waals surface area contributed by atoms with Gasteiger partial charge >= 0.3 is 0 Å². The third-order valence-electron chi connectivity index (χ3n) is 5.51. The van der Waals surface area contributed by atoms with Gasteiger partial charge in [-0.2, -0.15) is 0 Å². The van der Waals surface area contributed by atoms with E-state index in [4.69, 9.17) is 0 Å². The molecule has 2 aliphatic rings. The Labute approximate surface area is 158 Å². The third-order valence-corrected chi connectivity index (χ3v) is 6.56. The lowest BCUT2D eigenvalue weighted by Gasteiger charge is -2.35. The summed E-state index contributed by atoms with van der Waals surface area (Å²) in [6.45, 7) is 4.70. The van der Waals surface area contributed by atoms with Gasteiger partial charge in [-0.1, -0.05) is 25.1 Å². The molecule has 136 valence electrons. The molecule has 1 aliphatic heterocycles. The van der Waals surface area contributed by atoms with Gasteiger partial charge in [-0.05, 0) is 42.9 Å². The quantitative estimate of drug-likeness (QED) is 0.814. The molecular formula is C21H24N2O2S. The summed E-state index contributed by atoms with van der Waals surface area (Å²) in [5.74, 6) is 0.917. The van der Waals surface area contributed by atoms with E-state index in [1.807, 2.05) is 45.5 Å². The first-order valence-electron chi connectivity index (χ1n) is 9.36. The fourth-order valence-electron chi connectivity index (χ4n) is 3.90. The zero-order valence-corrected chi connectivity index (χ0v) is 15.9. The molecule has 2 aromatic rings. The Kier molecular flexibility index (Phi) is 4.81. The predicted octanol–water partition coefficient (Wildman–Crippen LogP) is 3.47. The van der Waals surface area contributed by atoms with E-state index in [1.54, 1.807) is 11.3 Å². The maximum atomic E-state index is 13.0. The Balaban J connectivity index is 1.41. The largest absolute Gasteiger partial charge is 0.335 e. The summed E-state index contributed by atoms with van der Waals surface area (Å²) in [5, 5.41) is 2.05. The Bertz CT molecular complexity index is 807. The summed E-state index contributed by atoms with van der Waals surface area (Å²) in [7, 11) is 0. The van der Waals surface area contributed by atoms with Gasteiger partial charge in [-0.3, -0.25) is 9.59 Å². The van der Waals surface area contributed by atoms with Gasteiger partial charge in [0.25, 0.3) is 11.8 Å². The van der Waals surface area contributed by atoms with Gasteiger partial charge in [0, 0.05) is 42.0 Å². The van der Waals surface area contributed by atoms with Gasteiger partial charge in [0.1, 0.15) is 0 Å². The highest BCUT2D eigenvalue weighted by atomic mass is 32.1.